The van der Waals surface area contributed by atoms with Crippen molar-refractivity contribution < 1.29 is 14.4 Å². The van der Waals surface area contributed by atoms with E-state index in [2.05, 4.69) is 30.3 Å². The maximum absolute atomic E-state index is 12.1. The maximum atomic E-state index is 12.1. The monoisotopic (exact) mass is 260 g/mol. The summed E-state index contributed by atoms with van der Waals surface area (Å²) in [6, 6.07) is 11.6. The zero-order valence-corrected chi connectivity index (χ0v) is 11.5. The number of carbonyl (C=O) groups excluding carboxylic acids is 1. The van der Waals surface area contributed by atoms with Crippen LogP contribution in [0.15, 0.2) is 30.3 Å². The maximum Gasteiger partial charge on any atom is 0.315 e. The first kappa shape index (κ1) is 12.7. The topological polar surface area (TPSA) is 30.7 Å². The van der Waals surface area contributed by atoms with Gasteiger partial charge in [-0.05, 0) is 6.92 Å². The average Bonchev–Trinajstić information content (AvgIpc) is 3.01. The van der Waals surface area contributed by atoms with E-state index in [1.165, 1.54) is 24.9 Å². The standard InChI is InChI=1S/C16H21NO2/c1-2-19-16(18)13-11-15(12-7-4-3-5-8-12)17-10-6-9-14(13)17/h3-5,7-8,13-15H,2,6,9-11H2,1H3/p+1/t13-,14-,15+/m1/s1. The van der Waals surface area contributed by atoms with Gasteiger partial charge in [0.05, 0.1) is 13.2 Å². The highest BCUT2D eigenvalue weighted by molar-refractivity contribution is 5.73. The van der Waals surface area contributed by atoms with E-state index >= 15 is 0 Å². The van der Waals surface area contributed by atoms with Gasteiger partial charge in [0.2, 0.25) is 0 Å². The minimum Gasteiger partial charge on any atom is -0.466 e. The molecule has 0 aliphatic carbocycles. The second kappa shape index (κ2) is 5.33. The van der Waals surface area contributed by atoms with Crippen molar-refractivity contribution in [1.82, 2.24) is 0 Å². The van der Waals surface area contributed by atoms with Crippen molar-refractivity contribution in [2.24, 2.45) is 5.92 Å². The van der Waals surface area contributed by atoms with E-state index in [0.717, 1.165) is 6.42 Å². The predicted molar refractivity (Wildman–Crippen MR) is 72.8 cm³/mol. The molecule has 2 saturated heterocycles. The fraction of sp³-hybridized carbons (Fsp3) is 0.562. The number of carbonyl (C=O) groups is 1. The molecule has 0 spiro atoms. The highest BCUT2D eigenvalue weighted by Crippen LogP contribution is 2.32. The molecule has 4 atom stereocenters. The third-order valence-electron chi connectivity index (χ3n) is 4.67. The number of hydrogen-bond acceptors (Lipinski definition) is 2. The Morgan fingerprint density at radius 1 is 1.37 bits per heavy atom. The molecule has 3 rings (SSSR count). The summed E-state index contributed by atoms with van der Waals surface area (Å²) < 4.78 is 5.27. The van der Waals surface area contributed by atoms with Crippen LogP contribution in [0.25, 0.3) is 0 Å². The van der Waals surface area contributed by atoms with E-state index < -0.39 is 0 Å². The van der Waals surface area contributed by atoms with Crippen molar-refractivity contribution in [2.45, 2.75) is 38.3 Å². The largest absolute Gasteiger partial charge is 0.466 e. The molecule has 2 heterocycles. The van der Waals surface area contributed by atoms with Gasteiger partial charge in [-0.15, -0.1) is 0 Å². The molecule has 1 N–H and O–H groups in total. The van der Waals surface area contributed by atoms with Gasteiger partial charge in [-0.2, -0.15) is 0 Å². The van der Waals surface area contributed by atoms with E-state index in [0.29, 0.717) is 18.7 Å². The number of hydrogen-bond donors (Lipinski definition) is 1. The molecule has 0 radical (unpaired) electrons. The van der Waals surface area contributed by atoms with Gasteiger partial charge in [-0.1, -0.05) is 30.3 Å². The fourth-order valence-corrected chi connectivity index (χ4v) is 3.90. The number of benzene rings is 1. The SMILES string of the molecule is CCOC(=O)[C@@H]1C[C@@H](c2ccccc2)[NH+]2CCC[C@H]12. The number of esters is 1. The van der Waals surface area contributed by atoms with Crippen molar-refractivity contribution in [2.75, 3.05) is 13.2 Å². The van der Waals surface area contributed by atoms with Crippen LogP contribution in [0.4, 0.5) is 0 Å². The van der Waals surface area contributed by atoms with Gasteiger partial charge in [0.15, 0.2) is 0 Å². The van der Waals surface area contributed by atoms with Gasteiger partial charge in [0.25, 0.3) is 0 Å². The second-order valence-corrected chi connectivity index (χ2v) is 5.63. The highest BCUT2D eigenvalue weighted by Gasteiger charge is 2.51. The summed E-state index contributed by atoms with van der Waals surface area (Å²) in [6.07, 6.45) is 3.35. The average molecular weight is 260 g/mol. The highest BCUT2D eigenvalue weighted by atomic mass is 16.5. The van der Waals surface area contributed by atoms with Gasteiger partial charge >= 0.3 is 5.97 Å². The first-order chi connectivity index (χ1) is 9.31. The molecule has 2 fully saturated rings. The molecule has 1 aromatic carbocycles. The normalized spacial score (nSPS) is 33.1. The molecule has 1 aromatic rings. The van der Waals surface area contributed by atoms with Crippen LogP contribution < -0.4 is 4.90 Å². The van der Waals surface area contributed by atoms with Crippen molar-refractivity contribution in [1.29, 1.82) is 0 Å². The van der Waals surface area contributed by atoms with Crippen molar-refractivity contribution in [3.05, 3.63) is 35.9 Å². The summed E-state index contributed by atoms with van der Waals surface area (Å²) in [4.78, 5) is 13.7. The smallest absolute Gasteiger partial charge is 0.315 e. The fourth-order valence-electron chi connectivity index (χ4n) is 3.90. The molecular formula is C16H22NO2+. The molecule has 1 unspecified atom stereocenters. The van der Waals surface area contributed by atoms with Crippen LogP contribution in [0.3, 0.4) is 0 Å². The van der Waals surface area contributed by atoms with Crippen LogP contribution in [0.1, 0.15) is 37.8 Å². The lowest BCUT2D eigenvalue weighted by Crippen LogP contribution is -3.12. The van der Waals surface area contributed by atoms with Gasteiger partial charge in [-0.3, -0.25) is 4.79 Å². The third kappa shape index (κ3) is 2.27. The number of fused-ring (bicyclic) bond motifs is 1. The van der Waals surface area contributed by atoms with E-state index in [9.17, 15) is 4.79 Å². The Balaban J connectivity index is 1.82. The third-order valence-corrected chi connectivity index (χ3v) is 4.67. The Bertz CT molecular complexity index is 445. The lowest BCUT2D eigenvalue weighted by molar-refractivity contribution is -0.930. The molecule has 2 aliphatic heterocycles. The van der Waals surface area contributed by atoms with Gasteiger partial charge in [-0.25, -0.2) is 0 Å². The number of nitrogens with one attached hydrogen (secondary N) is 1. The van der Waals surface area contributed by atoms with Crippen LogP contribution >= 0.6 is 0 Å². The molecule has 3 nitrogen and oxygen atoms in total. The van der Waals surface area contributed by atoms with Crippen molar-refractivity contribution >= 4 is 5.97 Å². The Labute approximate surface area is 114 Å². The lowest BCUT2D eigenvalue weighted by Gasteiger charge is -2.21. The first-order valence-electron chi connectivity index (χ1n) is 7.38. The molecule has 0 bridgehead atoms. The van der Waals surface area contributed by atoms with Crippen LogP contribution in [0, 0.1) is 5.92 Å². The molecule has 3 heteroatoms. The Morgan fingerprint density at radius 2 is 2.16 bits per heavy atom. The molecule has 0 saturated carbocycles. The van der Waals surface area contributed by atoms with Crippen LogP contribution in [0.5, 0.6) is 0 Å². The molecular weight excluding hydrogens is 238 g/mol. The number of rotatable bonds is 3. The van der Waals surface area contributed by atoms with Crippen LogP contribution in [-0.4, -0.2) is 25.2 Å². The molecule has 0 aromatic heterocycles. The van der Waals surface area contributed by atoms with E-state index in [1.54, 1.807) is 4.90 Å². The second-order valence-electron chi connectivity index (χ2n) is 5.63. The summed E-state index contributed by atoms with van der Waals surface area (Å²) in [5.74, 6) is 0.119. The Morgan fingerprint density at radius 3 is 2.89 bits per heavy atom. The number of quaternary nitrogens is 1. The Kier molecular flexibility index (Phi) is 3.56. The zero-order chi connectivity index (χ0) is 13.2. The summed E-state index contributed by atoms with van der Waals surface area (Å²) in [7, 11) is 0. The summed E-state index contributed by atoms with van der Waals surface area (Å²) in [5.41, 5.74) is 1.37. The quantitative estimate of drug-likeness (QED) is 0.832. The van der Waals surface area contributed by atoms with Crippen LogP contribution in [0.2, 0.25) is 0 Å². The minimum absolute atomic E-state index is 0.0188. The molecule has 2 aliphatic rings. The van der Waals surface area contributed by atoms with Crippen LogP contribution in [-0.2, 0) is 9.53 Å². The van der Waals surface area contributed by atoms with Crippen molar-refractivity contribution in [3.63, 3.8) is 0 Å². The van der Waals surface area contributed by atoms with Crippen molar-refractivity contribution in [3.8, 4) is 0 Å². The summed E-state index contributed by atoms with van der Waals surface area (Å²) in [6.45, 7) is 3.58. The van der Waals surface area contributed by atoms with Gasteiger partial charge in [0.1, 0.15) is 18.0 Å². The van der Waals surface area contributed by atoms with Gasteiger partial charge in [0, 0.05) is 24.8 Å². The lowest BCUT2D eigenvalue weighted by atomic mass is 9.94. The van der Waals surface area contributed by atoms with E-state index in [-0.39, 0.29) is 11.9 Å². The molecule has 102 valence electrons. The zero-order valence-electron chi connectivity index (χ0n) is 11.5. The minimum atomic E-state index is 0.0188. The summed E-state index contributed by atoms with van der Waals surface area (Å²) in [5, 5.41) is 0. The Hall–Kier alpha value is -1.35. The molecule has 0 amide bonds. The first-order valence-corrected chi connectivity index (χ1v) is 7.38. The molecule has 19 heavy (non-hydrogen) atoms. The summed E-state index contributed by atoms with van der Waals surface area (Å²) >= 11 is 0. The number of ether oxygens (including phenoxy) is 1. The van der Waals surface area contributed by atoms with E-state index in [4.69, 9.17) is 4.74 Å². The predicted octanol–water partition coefficient (Wildman–Crippen LogP) is 1.36. The van der Waals surface area contributed by atoms with E-state index in [1.807, 2.05) is 6.92 Å². The van der Waals surface area contributed by atoms with Gasteiger partial charge < -0.3 is 9.64 Å².